The molecule has 68 valence electrons. The minimum absolute atomic E-state index is 0.0688. The van der Waals surface area contributed by atoms with Crippen LogP contribution in [0.2, 0.25) is 0 Å². The van der Waals surface area contributed by atoms with Crippen LogP contribution in [0.5, 0.6) is 0 Å². The lowest BCUT2D eigenvalue weighted by Gasteiger charge is -2.07. The number of hydrogen-bond donors (Lipinski definition) is 0. The van der Waals surface area contributed by atoms with E-state index in [1.54, 1.807) is 11.3 Å². The maximum Gasteiger partial charge on any atom is 0.253 e. The molecule has 3 nitrogen and oxygen atoms in total. The topological polar surface area (TPSA) is 32.7 Å². The summed E-state index contributed by atoms with van der Waals surface area (Å²) in [5, 5.41) is 8.59. The van der Waals surface area contributed by atoms with Gasteiger partial charge in [-0.25, -0.2) is 0 Å². The summed E-state index contributed by atoms with van der Waals surface area (Å²) in [5.41, 5.74) is 2.06. The third kappa shape index (κ3) is 1.49. The SMILES string of the molecule is CC1=NN(c2cc(C)cs2)C(=O)C1. The predicted octanol–water partition coefficient (Wildman–Crippen LogP) is 2.17. The number of carbonyl (C=O) groups excluding carboxylic acids is 1. The van der Waals surface area contributed by atoms with E-state index in [1.165, 1.54) is 10.6 Å². The Kier molecular flexibility index (Phi) is 1.92. The summed E-state index contributed by atoms with van der Waals surface area (Å²) in [4.78, 5) is 11.4. The minimum Gasteiger partial charge on any atom is -0.272 e. The van der Waals surface area contributed by atoms with Crippen molar-refractivity contribution in [1.82, 2.24) is 0 Å². The molecule has 0 fully saturated rings. The summed E-state index contributed by atoms with van der Waals surface area (Å²) in [6, 6.07) is 1.98. The molecule has 1 aliphatic heterocycles. The maximum absolute atomic E-state index is 11.4. The summed E-state index contributed by atoms with van der Waals surface area (Å²) < 4.78 is 0. The average molecular weight is 194 g/mol. The molecular formula is C9H10N2OS. The van der Waals surface area contributed by atoms with Crippen LogP contribution in [0, 0.1) is 6.92 Å². The lowest BCUT2D eigenvalue weighted by atomic mass is 10.3. The number of carbonyl (C=O) groups is 1. The molecule has 0 aromatic carbocycles. The molecule has 1 aromatic rings. The van der Waals surface area contributed by atoms with E-state index < -0.39 is 0 Å². The zero-order chi connectivity index (χ0) is 9.42. The Morgan fingerprint density at radius 1 is 1.54 bits per heavy atom. The smallest absolute Gasteiger partial charge is 0.253 e. The van der Waals surface area contributed by atoms with E-state index in [-0.39, 0.29) is 5.91 Å². The van der Waals surface area contributed by atoms with E-state index >= 15 is 0 Å². The fraction of sp³-hybridized carbons (Fsp3) is 0.333. The van der Waals surface area contributed by atoms with Gasteiger partial charge in [0, 0.05) is 5.71 Å². The van der Waals surface area contributed by atoms with Crippen LogP contribution in [0.15, 0.2) is 16.5 Å². The zero-order valence-corrected chi connectivity index (χ0v) is 8.39. The van der Waals surface area contributed by atoms with Gasteiger partial charge in [0.05, 0.1) is 6.42 Å². The molecule has 1 aliphatic rings. The van der Waals surface area contributed by atoms with Gasteiger partial charge in [-0.05, 0) is 30.9 Å². The molecule has 0 aliphatic carbocycles. The Hall–Kier alpha value is -1.16. The Morgan fingerprint density at radius 3 is 2.77 bits per heavy atom. The summed E-state index contributed by atoms with van der Waals surface area (Å²) in [5.74, 6) is 0.0688. The van der Waals surface area contributed by atoms with Gasteiger partial charge in [0.2, 0.25) is 0 Å². The van der Waals surface area contributed by atoms with E-state index in [2.05, 4.69) is 5.10 Å². The van der Waals surface area contributed by atoms with Gasteiger partial charge in [0.15, 0.2) is 0 Å². The third-order valence-electron chi connectivity index (χ3n) is 1.84. The summed E-state index contributed by atoms with van der Waals surface area (Å²) in [6.07, 6.45) is 0.455. The second kappa shape index (κ2) is 2.96. The first-order chi connectivity index (χ1) is 6.16. The second-order valence-corrected chi connectivity index (χ2v) is 4.07. The number of anilines is 1. The van der Waals surface area contributed by atoms with Crippen LogP contribution in [0.1, 0.15) is 18.9 Å². The Bertz CT molecular complexity index is 381. The molecule has 2 heterocycles. The predicted molar refractivity (Wildman–Crippen MR) is 54.3 cm³/mol. The molecule has 0 saturated carbocycles. The highest BCUT2D eigenvalue weighted by Gasteiger charge is 2.23. The largest absolute Gasteiger partial charge is 0.272 e. The van der Waals surface area contributed by atoms with Crippen molar-refractivity contribution in [3.63, 3.8) is 0 Å². The van der Waals surface area contributed by atoms with E-state index in [9.17, 15) is 4.79 Å². The van der Waals surface area contributed by atoms with Gasteiger partial charge in [0.25, 0.3) is 5.91 Å². The Morgan fingerprint density at radius 2 is 2.31 bits per heavy atom. The number of rotatable bonds is 1. The fourth-order valence-corrected chi connectivity index (χ4v) is 2.13. The van der Waals surface area contributed by atoms with Crippen molar-refractivity contribution in [2.24, 2.45) is 5.10 Å². The molecule has 2 rings (SSSR count). The summed E-state index contributed by atoms with van der Waals surface area (Å²) in [6.45, 7) is 3.88. The first-order valence-corrected chi connectivity index (χ1v) is 4.97. The third-order valence-corrected chi connectivity index (χ3v) is 2.86. The van der Waals surface area contributed by atoms with Crippen LogP contribution in [-0.4, -0.2) is 11.6 Å². The van der Waals surface area contributed by atoms with Gasteiger partial charge < -0.3 is 0 Å². The molecule has 0 spiro atoms. The van der Waals surface area contributed by atoms with Crippen LogP contribution >= 0.6 is 11.3 Å². The van der Waals surface area contributed by atoms with Crippen LogP contribution < -0.4 is 5.01 Å². The highest BCUT2D eigenvalue weighted by molar-refractivity contribution is 7.14. The van der Waals surface area contributed by atoms with E-state index in [4.69, 9.17) is 0 Å². The molecule has 1 aromatic heterocycles. The van der Waals surface area contributed by atoms with Crippen LogP contribution in [0.25, 0.3) is 0 Å². The molecule has 13 heavy (non-hydrogen) atoms. The van der Waals surface area contributed by atoms with E-state index in [0.717, 1.165) is 10.7 Å². The number of hydrazone groups is 1. The van der Waals surface area contributed by atoms with E-state index in [1.807, 2.05) is 25.3 Å². The molecule has 4 heteroatoms. The van der Waals surface area contributed by atoms with Crippen molar-refractivity contribution in [3.8, 4) is 0 Å². The maximum atomic E-state index is 11.4. The molecule has 0 N–H and O–H groups in total. The second-order valence-electron chi connectivity index (χ2n) is 3.18. The van der Waals surface area contributed by atoms with E-state index in [0.29, 0.717) is 6.42 Å². The molecule has 1 amide bonds. The molecular weight excluding hydrogens is 184 g/mol. The first-order valence-electron chi connectivity index (χ1n) is 4.09. The quantitative estimate of drug-likeness (QED) is 0.674. The van der Waals surface area contributed by atoms with Crippen LogP contribution in [0.4, 0.5) is 5.00 Å². The van der Waals surface area contributed by atoms with Gasteiger partial charge in [-0.3, -0.25) is 4.79 Å². The monoisotopic (exact) mass is 194 g/mol. The first kappa shape index (κ1) is 8.44. The van der Waals surface area contributed by atoms with Gasteiger partial charge in [0.1, 0.15) is 5.00 Å². The standard InChI is InChI=1S/C9H10N2OS/c1-6-3-9(13-5-6)11-8(12)4-7(2)10-11/h3,5H,4H2,1-2H3. The molecule has 0 radical (unpaired) electrons. The Labute approximate surface area is 80.7 Å². The Balaban J connectivity index is 2.32. The number of thiophene rings is 1. The zero-order valence-electron chi connectivity index (χ0n) is 7.57. The van der Waals surface area contributed by atoms with Crippen molar-refractivity contribution in [3.05, 3.63) is 17.0 Å². The van der Waals surface area contributed by atoms with Crippen molar-refractivity contribution in [2.45, 2.75) is 20.3 Å². The number of amides is 1. The van der Waals surface area contributed by atoms with Crippen LogP contribution in [0.3, 0.4) is 0 Å². The highest BCUT2D eigenvalue weighted by Crippen LogP contribution is 2.27. The number of hydrogen-bond acceptors (Lipinski definition) is 3. The molecule has 0 saturated heterocycles. The van der Waals surface area contributed by atoms with Crippen LogP contribution in [-0.2, 0) is 4.79 Å². The van der Waals surface area contributed by atoms with Gasteiger partial charge in [-0.2, -0.15) is 10.1 Å². The highest BCUT2D eigenvalue weighted by atomic mass is 32.1. The van der Waals surface area contributed by atoms with Crippen molar-refractivity contribution in [1.29, 1.82) is 0 Å². The lowest BCUT2D eigenvalue weighted by molar-refractivity contribution is -0.116. The number of nitrogens with zero attached hydrogens (tertiary/aromatic N) is 2. The minimum atomic E-state index is 0.0688. The average Bonchev–Trinajstić information content (AvgIpc) is 2.58. The fourth-order valence-electron chi connectivity index (χ4n) is 1.25. The van der Waals surface area contributed by atoms with Crippen molar-refractivity contribution >= 4 is 28.0 Å². The molecule has 0 unspecified atom stereocenters. The van der Waals surface area contributed by atoms with Gasteiger partial charge >= 0.3 is 0 Å². The lowest BCUT2D eigenvalue weighted by Crippen LogP contribution is -2.18. The van der Waals surface area contributed by atoms with Gasteiger partial charge in [-0.15, -0.1) is 11.3 Å². The normalized spacial score (nSPS) is 16.6. The number of aryl methyl sites for hydroxylation is 1. The summed E-state index contributed by atoms with van der Waals surface area (Å²) >= 11 is 1.55. The van der Waals surface area contributed by atoms with Crippen molar-refractivity contribution in [2.75, 3.05) is 5.01 Å². The molecule has 0 bridgehead atoms. The van der Waals surface area contributed by atoms with Crippen molar-refractivity contribution < 1.29 is 4.79 Å². The van der Waals surface area contributed by atoms with Gasteiger partial charge in [-0.1, -0.05) is 0 Å². The summed E-state index contributed by atoms with van der Waals surface area (Å²) in [7, 11) is 0. The molecule has 0 atom stereocenters.